The summed E-state index contributed by atoms with van der Waals surface area (Å²) in [7, 11) is 0. The molecule has 1 N–H and O–H groups in total. The molecular weight excluding hydrogens is 445 g/mol. The van der Waals surface area contributed by atoms with Gasteiger partial charge in [0, 0.05) is 48.6 Å². The van der Waals surface area contributed by atoms with Gasteiger partial charge in [-0.05, 0) is 37.1 Å². The first-order valence-corrected chi connectivity index (χ1v) is 11.0. The number of halogens is 2. The molecule has 168 valence electrons. The van der Waals surface area contributed by atoms with Gasteiger partial charge < -0.3 is 10.1 Å². The third-order valence-electron chi connectivity index (χ3n) is 5.93. The van der Waals surface area contributed by atoms with E-state index in [1.165, 1.54) is 12.3 Å². The molecule has 0 saturated carbocycles. The maximum atomic E-state index is 13.1. The highest BCUT2D eigenvalue weighted by atomic mass is 35.5. The number of nitrogens with zero attached hydrogens (tertiary/aromatic N) is 6. The molecular formula is C23H21ClFN7O. The topological polar surface area (TPSA) is 93.1 Å². The molecule has 8 nitrogen and oxygen atoms in total. The van der Waals surface area contributed by atoms with Crippen LogP contribution >= 0.6 is 11.6 Å². The lowest BCUT2D eigenvalue weighted by molar-refractivity contribution is 0.323. The van der Waals surface area contributed by atoms with Gasteiger partial charge in [-0.25, -0.2) is 8.91 Å². The average molecular weight is 466 g/mol. The Morgan fingerprint density at radius 1 is 1.36 bits per heavy atom. The third kappa shape index (κ3) is 4.10. The number of aromatic nitrogens is 5. The molecule has 0 amide bonds. The van der Waals surface area contributed by atoms with E-state index in [1.54, 1.807) is 16.8 Å². The van der Waals surface area contributed by atoms with Gasteiger partial charge in [0.05, 0.1) is 29.7 Å². The zero-order valence-corrected chi connectivity index (χ0v) is 18.7. The highest BCUT2D eigenvalue weighted by Gasteiger charge is 2.25. The van der Waals surface area contributed by atoms with Gasteiger partial charge in [-0.3, -0.25) is 9.67 Å². The van der Waals surface area contributed by atoms with Gasteiger partial charge in [0.1, 0.15) is 17.1 Å². The van der Waals surface area contributed by atoms with Gasteiger partial charge in [-0.1, -0.05) is 11.6 Å². The van der Waals surface area contributed by atoms with Crippen LogP contribution in [0.3, 0.4) is 0 Å². The first-order chi connectivity index (χ1) is 16.0. The van der Waals surface area contributed by atoms with Crippen LogP contribution in [0, 0.1) is 24.2 Å². The van der Waals surface area contributed by atoms with Crippen LogP contribution in [0.15, 0.2) is 36.8 Å². The van der Waals surface area contributed by atoms with Crippen LogP contribution in [0.25, 0.3) is 16.8 Å². The van der Waals surface area contributed by atoms with Crippen LogP contribution in [-0.4, -0.2) is 37.0 Å². The van der Waals surface area contributed by atoms with Crippen molar-refractivity contribution < 1.29 is 9.13 Å². The van der Waals surface area contributed by atoms with Crippen molar-refractivity contribution in [1.82, 2.24) is 29.7 Å². The number of pyridine rings is 2. The molecule has 0 fully saturated rings. The molecule has 1 atom stereocenters. The van der Waals surface area contributed by atoms with Crippen molar-refractivity contribution in [3.05, 3.63) is 64.6 Å². The molecule has 33 heavy (non-hydrogen) atoms. The number of aryl methyl sites for hydroxylation is 1. The molecule has 0 aromatic carbocycles. The van der Waals surface area contributed by atoms with Gasteiger partial charge in [0.25, 0.3) is 0 Å². The maximum Gasteiger partial charge on any atom is 0.176 e. The molecule has 5 heterocycles. The number of hydrogen-bond acceptors (Lipinski definition) is 6. The van der Waals surface area contributed by atoms with E-state index in [4.69, 9.17) is 26.7 Å². The van der Waals surface area contributed by atoms with Crippen molar-refractivity contribution >= 4 is 17.1 Å². The largest absolute Gasteiger partial charge is 0.491 e. The second-order valence-corrected chi connectivity index (χ2v) is 8.44. The van der Waals surface area contributed by atoms with Crippen molar-refractivity contribution in [3.8, 4) is 23.2 Å². The van der Waals surface area contributed by atoms with Crippen LogP contribution in [0.2, 0.25) is 5.02 Å². The van der Waals surface area contributed by atoms with Crippen LogP contribution < -0.4 is 10.1 Å². The summed E-state index contributed by atoms with van der Waals surface area (Å²) >= 11 is 6.38. The Bertz CT molecular complexity index is 1360. The van der Waals surface area contributed by atoms with Crippen molar-refractivity contribution in [1.29, 1.82) is 5.26 Å². The molecule has 0 aliphatic carbocycles. The van der Waals surface area contributed by atoms with Crippen LogP contribution in [0.4, 0.5) is 4.39 Å². The number of fused-ring (bicyclic) bond motifs is 2. The number of nitriles is 1. The lowest BCUT2D eigenvalue weighted by Gasteiger charge is -2.22. The first kappa shape index (κ1) is 21.2. The minimum absolute atomic E-state index is 0.122. The lowest BCUT2D eigenvalue weighted by atomic mass is 10.00. The van der Waals surface area contributed by atoms with Crippen molar-refractivity contribution in [2.75, 3.05) is 6.61 Å². The van der Waals surface area contributed by atoms with E-state index in [0.29, 0.717) is 29.3 Å². The minimum Gasteiger partial charge on any atom is -0.491 e. The normalized spacial score (nSPS) is 15.3. The molecule has 4 aromatic heterocycles. The van der Waals surface area contributed by atoms with Crippen LogP contribution in [0.1, 0.15) is 23.4 Å². The summed E-state index contributed by atoms with van der Waals surface area (Å²) in [6.07, 6.45) is 8.83. The molecule has 1 unspecified atom stereocenters. The number of hydrogen-bond donors (Lipinski definition) is 1. The SMILES string of the molecule is Cc1c(-c2cc(OCCc3ccc(F)cn3)c3c(Cl)cnn3c2)nn2c1CC(NC#N)CC2. The van der Waals surface area contributed by atoms with E-state index in [9.17, 15) is 4.39 Å². The Morgan fingerprint density at radius 2 is 2.24 bits per heavy atom. The van der Waals surface area contributed by atoms with E-state index in [2.05, 4.69) is 15.4 Å². The average Bonchev–Trinajstić information content (AvgIpc) is 3.35. The molecule has 0 saturated heterocycles. The number of nitrogens with one attached hydrogen (secondary N) is 1. The van der Waals surface area contributed by atoms with Crippen LogP contribution in [-0.2, 0) is 19.4 Å². The van der Waals surface area contributed by atoms with Gasteiger partial charge in [-0.15, -0.1) is 0 Å². The van der Waals surface area contributed by atoms with Gasteiger partial charge in [0.15, 0.2) is 6.19 Å². The van der Waals surface area contributed by atoms with Gasteiger partial charge in [-0.2, -0.15) is 15.5 Å². The van der Waals surface area contributed by atoms with Crippen molar-refractivity contribution in [2.45, 2.75) is 38.8 Å². The van der Waals surface area contributed by atoms with Gasteiger partial charge >= 0.3 is 0 Å². The van der Waals surface area contributed by atoms with Gasteiger partial charge in [0.2, 0.25) is 0 Å². The van der Waals surface area contributed by atoms with Crippen molar-refractivity contribution in [2.24, 2.45) is 0 Å². The van der Waals surface area contributed by atoms with Crippen LogP contribution in [0.5, 0.6) is 5.75 Å². The number of rotatable bonds is 6. The Morgan fingerprint density at radius 3 is 3.03 bits per heavy atom. The fraction of sp³-hybridized carbons (Fsp3) is 0.304. The fourth-order valence-electron chi connectivity index (χ4n) is 4.24. The van der Waals surface area contributed by atoms with E-state index in [1.807, 2.05) is 30.1 Å². The third-order valence-corrected chi connectivity index (χ3v) is 6.20. The van der Waals surface area contributed by atoms with E-state index in [0.717, 1.165) is 47.6 Å². The molecule has 0 bridgehead atoms. The predicted molar refractivity (Wildman–Crippen MR) is 120 cm³/mol. The minimum atomic E-state index is -0.368. The molecule has 4 aromatic rings. The summed E-state index contributed by atoms with van der Waals surface area (Å²) in [4.78, 5) is 4.08. The quantitative estimate of drug-likeness (QED) is 0.345. The zero-order valence-electron chi connectivity index (χ0n) is 17.9. The second kappa shape index (κ2) is 8.71. The van der Waals surface area contributed by atoms with Crippen molar-refractivity contribution in [3.63, 3.8) is 0 Å². The molecule has 0 radical (unpaired) electrons. The summed E-state index contributed by atoms with van der Waals surface area (Å²) in [5.41, 5.74) is 5.31. The Hall–Kier alpha value is -3.64. The molecule has 10 heteroatoms. The highest BCUT2D eigenvalue weighted by molar-refractivity contribution is 6.34. The summed E-state index contributed by atoms with van der Waals surface area (Å²) in [5.74, 6) is 0.222. The van der Waals surface area contributed by atoms with E-state index in [-0.39, 0.29) is 11.9 Å². The number of ether oxygens (including phenoxy) is 1. The second-order valence-electron chi connectivity index (χ2n) is 8.03. The molecule has 5 rings (SSSR count). The Balaban J connectivity index is 1.45. The maximum absolute atomic E-state index is 13.1. The fourth-order valence-corrected chi connectivity index (χ4v) is 4.46. The standard InChI is InChI=1S/C23H21ClFN7O/c1-14-20-9-18(28-13-26)4-6-31(20)30-22(14)15-8-21(23-19(24)11-29-32(23)12-15)33-7-5-17-3-2-16(25)10-27-17/h2-3,8,10-12,18,28H,4-7,9H2,1H3. The van der Waals surface area contributed by atoms with E-state index < -0.39 is 0 Å². The monoisotopic (exact) mass is 465 g/mol. The molecule has 1 aliphatic rings. The molecule has 0 spiro atoms. The zero-order chi connectivity index (χ0) is 22.9. The Kier molecular flexibility index (Phi) is 5.60. The molecule has 1 aliphatic heterocycles. The summed E-state index contributed by atoms with van der Waals surface area (Å²) in [5, 5.41) is 21.5. The highest BCUT2D eigenvalue weighted by Crippen LogP contribution is 2.34. The lowest BCUT2D eigenvalue weighted by Crippen LogP contribution is -2.33. The smallest absolute Gasteiger partial charge is 0.176 e. The van der Waals surface area contributed by atoms with E-state index >= 15 is 0 Å². The predicted octanol–water partition coefficient (Wildman–Crippen LogP) is 3.70. The summed E-state index contributed by atoms with van der Waals surface area (Å²) in [6.45, 7) is 3.14. The first-order valence-electron chi connectivity index (χ1n) is 10.6. The summed E-state index contributed by atoms with van der Waals surface area (Å²) < 4.78 is 22.9. The Labute approximate surface area is 194 Å². The summed E-state index contributed by atoms with van der Waals surface area (Å²) in [6, 6.07) is 5.07.